The van der Waals surface area contributed by atoms with Gasteiger partial charge >= 0.3 is 295 Å². The van der Waals surface area contributed by atoms with E-state index in [2.05, 4.69) is 27.4 Å². The van der Waals surface area contributed by atoms with Gasteiger partial charge in [-0.05, 0) is 29.2 Å². The summed E-state index contributed by atoms with van der Waals surface area (Å²) in [5.41, 5.74) is 4.63. The smallest absolute Gasteiger partial charge is 0.0622 e. The Labute approximate surface area is 503 Å². The molecular weight excluding hydrogens is 1180 g/mol. The zero-order valence-corrected chi connectivity index (χ0v) is 52.5. The van der Waals surface area contributed by atoms with Gasteiger partial charge in [-0.1, -0.05) is 140 Å². The van der Waals surface area contributed by atoms with Crippen LogP contribution in [0.2, 0.25) is 13.3 Å². The van der Waals surface area contributed by atoms with E-state index < -0.39 is 111 Å². The van der Waals surface area contributed by atoms with Crippen LogP contribution in [0.1, 0.15) is 94.0 Å². The predicted molar refractivity (Wildman–Crippen MR) is 323 cm³/mol. The zero-order chi connectivity index (χ0) is 58.9. The summed E-state index contributed by atoms with van der Waals surface area (Å²) in [6, 6.07) is 49.3. The van der Waals surface area contributed by atoms with E-state index in [-0.39, 0.29) is 52.9 Å². The molecule has 3 heterocycles. The van der Waals surface area contributed by atoms with Gasteiger partial charge in [-0.2, -0.15) is 0 Å². The molecule has 16 heteroatoms. The zero-order valence-electron chi connectivity index (χ0n) is 49.6. The van der Waals surface area contributed by atoms with Crippen LogP contribution in [0, 0.1) is 0 Å². The molecule has 458 valence electrons. The van der Waals surface area contributed by atoms with Gasteiger partial charge in [0.15, 0.2) is 0 Å². The van der Waals surface area contributed by atoms with Gasteiger partial charge < -0.3 is 9.47 Å². The summed E-state index contributed by atoms with van der Waals surface area (Å²) >= 11 is -3.31. The molecule has 0 aliphatic carbocycles. The molecule has 0 amide bonds. The number of ether oxygens (including phenoxy) is 11. The van der Waals surface area contributed by atoms with Crippen molar-refractivity contribution in [1.82, 2.24) is 0 Å². The standard InChI is InChI=1S/C56H65O15.3C4H9.Sn/c1-3-29-62-55-53(66-35-42-27-17-8-18-28-42)51(71-54-47(60)46(59)45(58)43(30-57)68-54)49(44(69-55)36-61-31-38-19-9-4-10-20-38)70-56-52(65-34-41-25-15-7-16-26-41)50(64-33-40-23-13-6-14-24-40)48(37(2)67-56)63-32-39-21-11-5-12-22-39;3*1-3-4-2;/h3-28,37,43-56,58-60H,1,29-36H2,2H3;3*1,3-4H2,2H3;/q-1;;;;+1/t37-,43+,44+,45-,46-,47+,48+,49+,50+,51-,52-,53+,54-,55+,56-;;;;/m0..../s1. The van der Waals surface area contributed by atoms with Crippen LogP contribution in [0.4, 0.5) is 0 Å². The van der Waals surface area contributed by atoms with Gasteiger partial charge in [0, 0.05) is 0 Å². The quantitative estimate of drug-likeness (QED) is 0.0258. The van der Waals surface area contributed by atoms with Gasteiger partial charge in [0.2, 0.25) is 0 Å². The van der Waals surface area contributed by atoms with Gasteiger partial charge in [-0.25, -0.2) is 0 Å². The van der Waals surface area contributed by atoms with Crippen molar-refractivity contribution in [3.8, 4) is 0 Å². The fourth-order valence-corrected chi connectivity index (χ4v) is 24.6. The van der Waals surface area contributed by atoms with Gasteiger partial charge in [0.05, 0.1) is 19.8 Å². The van der Waals surface area contributed by atoms with E-state index in [0.717, 1.165) is 79.7 Å². The van der Waals surface area contributed by atoms with Crippen LogP contribution in [0.3, 0.4) is 0 Å². The molecule has 0 bridgehead atoms. The molecule has 3 aliphatic rings. The first-order valence-corrected chi connectivity index (χ1v) is 37.8. The number of hydrogen-bond donors (Lipinski definition) is 3. The fraction of sp³-hybridized carbons (Fsp3) is 0.529. The molecule has 3 saturated heterocycles. The molecule has 8 rings (SSSR count). The summed E-state index contributed by atoms with van der Waals surface area (Å²) in [6.45, 7) is 13.6. The molecule has 84 heavy (non-hydrogen) atoms. The van der Waals surface area contributed by atoms with Crippen LogP contribution in [-0.2, 0) is 88.2 Å². The van der Waals surface area contributed by atoms with Crippen LogP contribution in [0.25, 0.3) is 0 Å². The van der Waals surface area contributed by atoms with Gasteiger partial charge in [-0.15, -0.1) is 6.58 Å². The summed E-state index contributed by atoms with van der Waals surface area (Å²) in [4.78, 5) is 0. The van der Waals surface area contributed by atoms with E-state index in [1.54, 1.807) is 6.08 Å². The molecular formula is C68H92O15Sn. The summed E-state index contributed by atoms with van der Waals surface area (Å²) in [7, 11) is 0. The van der Waals surface area contributed by atoms with Crippen molar-refractivity contribution in [2.75, 3.05) is 19.8 Å². The van der Waals surface area contributed by atoms with Crippen molar-refractivity contribution in [2.45, 2.75) is 205 Å². The normalized spacial score (nSPS) is 28.2. The average molecular weight is 1270 g/mol. The first kappa shape index (κ1) is 66.0. The molecule has 0 aromatic heterocycles. The fourth-order valence-electron chi connectivity index (χ4n) is 11.2. The average Bonchev–Trinajstić information content (AvgIpc) is 2.10. The molecule has 0 spiro atoms. The molecule has 5 aromatic rings. The van der Waals surface area contributed by atoms with Crippen molar-refractivity contribution >= 4 is 18.8 Å². The molecule has 15 atom stereocenters. The molecule has 3 fully saturated rings. The van der Waals surface area contributed by atoms with Gasteiger partial charge in [0.25, 0.3) is 0 Å². The van der Waals surface area contributed by atoms with E-state index >= 15 is 0 Å². The second kappa shape index (κ2) is 35.1. The number of rotatable bonds is 35. The molecule has 3 N–H and O–H groups in total. The van der Waals surface area contributed by atoms with Crippen LogP contribution >= 0.6 is 0 Å². The van der Waals surface area contributed by atoms with E-state index in [1.807, 2.05) is 159 Å². The Morgan fingerprint density at radius 2 is 0.845 bits per heavy atom. The second-order valence-corrected chi connectivity index (χ2v) is 34.3. The Hall–Kier alpha value is -3.96. The van der Waals surface area contributed by atoms with Crippen molar-refractivity contribution in [3.63, 3.8) is 0 Å². The van der Waals surface area contributed by atoms with E-state index in [0.29, 0.717) is 0 Å². The minimum Gasteiger partial charge on any atom is -0.0622 e. The summed E-state index contributed by atoms with van der Waals surface area (Å²) in [5, 5.41) is 35.8. The van der Waals surface area contributed by atoms with E-state index in [9.17, 15) is 15.3 Å². The maximum atomic E-state index is 12.1. The van der Waals surface area contributed by atoms with E-state index in [4.69, 9.17) is 55.2 Å². The SMILES string of the molecule is C=CCO[C@@H]1O[C@H](COCc2ccccc2)[C@@H](O[C@@H]2O[C@@H](C)[C@@H](OCc3ccccc3)[C@@H](OCc3ccccc3)[C@@H]2OCc2ccccc2)[C@H](O[C@@H]2O[C@H](C[O][Sn]([CH2]CCC)([CH2]CCC)[CH2]CCC)[C@H](O)[C@H](O)[C@H]2O)[C@H]1OCc1ccccc1. The summed E-state index contributed by atoms with van der Waals surface area (Å²) in [5.74, 6) is 0. The maximum absolute atomic E-state index is 12.1. The predicted octanol–water partition coefficient (Wildman–Crippen LogP) is 11.2. The Bertz CT molecular complexity index is 2530. The van der Waals surface area contributed by atoms with Gasteiger partial charge in [0.1, 0.15) is 6.10 Å². The summed E-state index contributed by atoms with van der Waals surface area (Å²) in [6.07, 6.45) is -9.32. The molecule has 5 aromatic carbocycles. The first-order chi connectivity index (χ1) is 41.1. The Balaban J connectivity index is 1.20. The molecule has 3 aliphatic heterocycles. The number of aliphatic hydroxyl groups is 3. The third kappa shape index (κ3) is 19.3. The van der Waals surface area contributed by atoms with Crippen molar-refractivity contribution in [1.29, 1.82) is 0 Å². The third-order valence-electron chi connectivity index (χ3n) is 16.0. The topological polar surface area (TPSA) is 171 Å². The minimum absolute atomic E-state index is 0.0345. The third-order valence-corrected chi connectivity index (χ3v) is 29.0. The first-order valence-electron chi connectivity index (χ1n) is 30.5. The second-order valence-electron chi connectivity index (χ2n) is 22.4. The van der Waals surface area contributed by atoms with E-state index in [1.165, 1.54) is 0 Å². The number of hydrogen-bond acceptors (Lipinski definition) is 15. The minimum atomic E-state index is -3.31. The Morgan fingerprint density at radius 3 is 1.31 bits per heavy atom. The Morgan fingerprint density at radius 1 is 0.429 bits per heavy atom. The molecule has 0 radical (unpaired) electrons. The number of aliphatic hydroxyl groups excluding tert-OH is 3. The van der Waals surface area contributed by atoms with Crippen molar-refractivity contribution in [3.05, 3.63) is 192 Å². The number of unbranched alkanes of at least 4 members (excludes halogenated alkanes) is 3. The Kier molecular flexibility index (Phi) is 27.6. The molecule has 15 nitrogen and oxygen atoms in total. The monoisotopic (exact) mass is 1270 g/mol. The van der Waals surface area contributed by atoms with Crippen molar-refractivity contribution < 1.29 is 70.5 Å². The van der Waals surface area contributed by atoms with Gasteiger partial charge in [-0.3, -0.25) is 0 Å². The molecule has 0 saturated carbocycles. The number of benzene rings is 5. The van der Waals surface area contributed by atoms with Crippen LogP contribution in [-0.4, -0.2) is 146 Å². The van der Waals surface area contributed by atoms with Crippen LogP contribution in [0.5, 0.6) is 0 Å². The van der Waals surface area contributed by atoms with Crippen LogP contribution in [0.15, 0.2) is 164 Å². The van der Waals surface area contributed by atoms with Crippen molar-refractivity contribution in [2.24, 2.45) is 0 Å². The molecule has 0 unspecified atom stereocenters. The van der Waals surface area contributed by atoms with Crippen LogP contribution < -0.4 is 0 Å². The summed E-state index contributed by atoms with van der Waals surface area (Å²) < 4.78 is 86.6.